The molecule has 1 amide bonds. The van der Waals surface area contributed by atoms with Gasteiger partial charge in [0.1, 0.15) is 29.5 Å². The molecule has 2 N–H and O–H groups in total. The summed E-state index contributed by atoms with van der Waals surface area (Å²) < 4.78 is 13.7. The molecule has 0 saturated heterocycles. The van der Waals surface area contributed by atoms with E-state index in [0.29, 0.717) is 58.8 Å². The van der Waals surface area contributed by atoms with E-state index in [1.165, 1.54) is 4.90 Å². The summed E-state index contributed by atoms with van der Waals surface area (Å²) in [4.78, 5) is 40.0. The van der Waals surface area contributed by atoms with Gasteiger partial charge in [-0.25, -0.2) is 4.98 Å². The molecule has 0 aliphatic carbocycles. The number of rotatable bonds is 13. The number of methoxy groups -OCH3 is 1. The molecule has 0 radical (unpaired) electrons. The zero-order chi connectivity index (χ0) is 31.9. The molecule has 0 saturated carbocycles. The number of ketones is 1. The summed E-state index contributed by atoms with van der Waals surface area (Å²) in [6.07, 6.45) is 4.40. The number of nitrogen functional groups attached to an aromatic ring is 1. The Morgan fingerprint density at radius 3 is 2.56 bits per heavy atom. The predicted molar refractivity (Wildman–Crippen MR) is 175 cm³/mol. The van der Waals surface area contributed by atoms with Gasteiger partial charge in [0, 0.05) is 49.3 Å². The molecule has 0 unspecified atom stereocenters. The number of ether oxygens (including phenoxy) is 2. The molecule has 0 aliphatic rings. The highest BCUT2D eigenvalue weighted by atomic mass is 35.5. The number of para-hydroxylation sites is 1. The number of imidazole rings is 1. The van der Waals surface area contributed by atoms with E-state index in [1.807, 2.05) is 47.0 Å². The Morgan fingerprint density at radius 1 is 0.978 bits per heavy atom. The van der Waals surface area contributed by atoms with E-state index in [0.717, 1.165) is 16.8 Å². The molecular formula is C33H32Cl2N6O4. The van der Waals surface area contributed by atoms with Gasteiger partial charge in [-0.2, -0.15) is 4.98 Å². The maximum atomic E-state index is 13.0. The molecule has 2 aromatic carbocycles. The third-order valence-electron chi connectivity index (χ3n) is 7.37. The minimum atomic E-state index is -0.246. The molecule has 5 aromatic rings. The number of nitrogens with zero attached hydrogens (tertiary/aromatic N) is 5. The maximum absolute atomic E-state index is 13.0. The van der Waals surface area contributed by atoms with Crippen molar-refractivity contribution in [3.05, 3.63) is 99.9 Å². The number of hydrogen-bond acceptors (Lipinski definition) is 8. The van der Waals surface area contributed by atoms with Crippen molar-refractivity contribution in [3.8, 4) is 11.8 Å². The summed E-state index contributed by atoms with van der Waals surface area (Å²) >= 11 is 13.3. The average molecular weight is 648 g/mol. The van der Waals surface area contributed by atoms with Crippen LogP contribution in [0.2, 0.25) is 10.0 Å². The molecule has 45 heavy (non-hydrogen) atoms. The van der Waals surface area contributed by atoms with Crippen LogP contribution in [-0.2, 0) is 29.2 Å². The highest BCUT2D eigenvalue weighted by Gasteiger charge is 2.21. The van der Waals surface area contributed by atoms with E-state index >= 15 is 0 Å². The zero-order valence-corrected chi connectivity index (χ0v) is 26.4. The van der Waals surface area contributed by atoms with Gasteiger partial charge in [-0.1, -0.05) is 41.4 Å². The first kappa shape index (κ1) is 31.7. The van der Waals surface area contributed by atoms with Gasteiger partial charge >= 0.3 is 0 Å². The van der Waals surface area contributed by atoms with Crippen LogP contribution < -0.4 is 20.1 Å². The SMILES string of the molecule is COc1nc2c(OCc3c(Cl)ccc(N(C)C(=O)CCC(=O)CCc4ccc(N)nc4)c3Cl)cccc2n1Cc1ccccn1. The number of nitrogens with two attached hydrogens (primary N) is 1. The van der Waals surface area contributed by atoms with Crippen molar-refractivity contribution < 1.29 is 19.1 Å². The third-order valence-corrected chi connectivity index (χ3v) is 8.14. The second kappa shape index (κ2) is 14.4. The minimum absolute atomic E-state index is 0.0156. The van der Waals surface area contributed by atoms with E-state index < -0.39 is 0 Å². The molecule has 232 valence electrons. The van der Waals surface area contributed by atoms with Crippen molar-refractivity contribution in [1.29, 1.82) is 0 Å². The van der Waals surface area contributed by atoms with Gasteiger partial charge in [-0.3, -0.25) is 19.1 Å². The lowest BCUT2D eigenvalue weighted by molar-refractivity contribution is -0.123. The van der Waals surface area contributed by atoms with Crippen LogP contribution >= 0.6 is 23.2 Å². The Kier molecular flexibility index (Phi) is 10.2. The first-order valence-corrected chi connectivity index (χ1v) is 15.0. The summed E-state index contributed by atoms with van der Waals surface area (Å²) in [6, 6.07) is 18.6. The fourth-order valence-electron chi connectivity index (χ4n) is 4.85. The number of Topliss-reactive ketones (excluding diaryl/α,β-unsaturated/α-hetero) is 1. The Balaban J connectivity index is 1.26. The molecule has 0 spiro atoms. The number of amides is 1. The molecule has 0 atom stereocenters. The van der Waals surface area contributed by atoms with Crippen molar-refractivity contribution in [2.75, 3.05) is 24.8 Å². The lowest BCUT2D eigenvalue weighted by Gasteiger charge is -2.21. The van der Waals surface area contributed by atoms with Gasteiger partial charge in [-0.15, -0.1) is 0 Å². The zero-order valence-electron chi connectivity index (χ0n) is 24.9. The third kappa shape index (κ3) is 7.53. The predicted octanol–water partition coefficient (Wildman–Crippen LogP) is 6.30. The normalized spacial score (nSPS) is 11.0. The van der Waals surface area contributed by atoms with Gasteiger partial charge in [0.15, 0.2) is 0 Å². The fraction of sp³-hybridized carbons (Fsp3) is 0.242. The topological polar surface area (TPSA) is 125 Å². The number of benzene rings is 2. The Morgan fingerprint density at radius 2 is 1.82 bits per heavy atom. The highest BCUT2D eigenvalue weighted by Crippen LogP contribution is 2.36. The largest absolute Gasteiger partial charge is 0.486 e. The number of hydrogen-bond donors (Lipinski definition) is 1. The van der Waals surface area contributed by atoms with Crippen LogP contribution in [0.3, 0.4) is 0 Å². The van der Waals surface area contributed by atoms with E-state index in [4.69, 9.17) is 38.4 Å². The minimum Gasteiger partial charge on any atom is -0.486 e. The van der Waals surface area contributed by atoms with Crippen molar-refractivity contribution in [2.24, 2.45) is 0 Å². The van der Waals surface area contributed by atoms with Gasteiger partial charge in [-0.05, 0) is 54.4 Å². The van der Waals surface area contributed by atoms with Gasteiger partial charge in [0.05, 0.1) is 35.6 Å². The number of aryl methyl sites for hydroxylation is 1. The van der Waals surface area contributed by atoms with Crippen molar-refractivity contribution in [3.63, 3.8) is 0 Å². The molecule has 3 aromatic heterocycles. The lowest BCUT2D eigenvalue weighted by Crippen LogP contribution is -2.27. The van der Waals surface area contributed by atoms with E-state index in [9.17, 15) is 9.59 Å². The second-order valence-electron chi connectivity index (χ2n) is 10.4. The summed E-state index contributed by atoms with van der Waals surface area (Å²) in [6.45, 7) is 0.496. The second-order valence-corrected chi connectivity index (χ2v) is 11.1. The van der Waals surface area contributed by atoms with Crippen molar-refractivity contribution in [2.45, 2.75) is 38.8 Å². The highest BCUT2D eigenvalue weighted by molar-refractivity contribution is 6.38. The van der Waals surface area contributed by atoms with Gasteiger partial charge < -0.3 is 20.1 Å². The van der Waals surface area contributed by atoms with Crippen LogP contribution in [0.15, 0.2) is 73.1 Å². The number of aromatic nitrogens is 4. The molecule has 5 rings (SSSR count). The van der Waals surface area contributed by atoms with Gasteiger partial charge in [0.2, 0.25) is 5.91 Å². The standard InChI is InChI=1S/C33H32Cl2N6O4/c1-40(30(43)16-12-23(42)11-9-21-10-15-29(36)38-18-21)26-14-13-25(34)24(31(26)35)20-45-28-8-5-7-27-32(28)39-33(44-2)41(27)19-22-6-3-4-17-37-22/h3-8,10,13-15,17-18H,9,11-12,16,19-20H2,1-2H3,(H2,36,38). The van der Waals surface area contributed by atoms with Crippen LogP contribution in [0, 0.1) is 0 Å². The molecule has 0 bridgehead atoms. The maximum Gasteiger partial charge on any atom is 0.297 e. The fourth-order valence-corrected chi connectivity index (χ4v) is 5.45. The summed E-state index contributed by atoms with van der Waals surface area (Å²) in [5, 5.41) is 0.674. The summed E-state index contributed by atoms with van der Waals surface area (Å²) in [7, 11) is 3.18. The number of halogens is 2. The first-order valence-electron chi connectivity index (χ1n) is 14.3. The molecular weight excluding hydrogens is 615 g/mol. The van der Waals surface area contributed by atoms with E-state index in [-0.39, 0.29) is 36.2 Å². The Bertz CT molecular complexity index is 1810. The number of fused-ring (bicyclic) bond motifs is 1. The van der Waals surface area contributed by atoms with Gasteiger partial charge in [0.25, 0.3) is 6.01 Å². The Labute approximate surface area is 270 Å². The number of pyridine rings is 2. The number of carbonyl (C=O) groups excluding carboxylic acids is 2. The summed E-state index contributed by atoms with van der Waals surface area (Å²) in [5.41, 5.74) is 9.78. The molecule has 3 heterocycles. The molecule has 12 heteroatoms. The summed E-state index contributed by atoms with van der Waals surface area (Å²) in [5.74, 6) is 0.680. The van der Waals surface area contributed by atoms with Crippen LogP contribution in [0.25, 0.3) is 11.0 Å². The molecule has 0 aliphatic heterocycles. The van der Waals surface area contributed by atoms with Crippen LogP contribution in [0.4, 0.5) is 11.5 Å². The quantitative estimate of drug-likeness (QED) is 0.158. The number of carbonyl (C=O) groups is 2. The number of anilines is 2. The van der Waals surface area contributed by atoms with E-state index in [2.05, 4.69) is 15.0 Å². The Hall–Kier alpha value is -4.67. The smallest absolute Gasteiger partial charge is 0.297 e. The monoisotopic (exact) mass is 646 g/mol. The van der Waals surface area contributed by atoms with Crippen LogP contribution in [-0.4, -0.2) is 45.4 Å². The molecule has 0 fully saturated rings. The van der Waals surface area contributed by atoms with Crippen LogP contribution in [0.1, 0.15) is 36.1 Å². The van der Waals surface area contributed by atoms with Crippen LogP contribution in [0.5, 0.6) is 11.8 Å². The van der Waals surface area contributed by atoms with Crippen molar-refractivity contribution in [1.82, 2.24) is 19.5 Å². The van der Waals surface area contributed by atoms with Crippen molar-refractivity contribution >= 4 is 57.4 Å². The first-order chi connectivity index (χ1) is 21.7. The average Bonchev–Trinajstić information content (AvgIpc) is 3.41. The van der Waals surface area contributed by atoms with E-state index in [1.54, 1.807) is 44.8 Å². The molecule has 10 nitrogen and oxygen atoms in total. The lowest BCUT2D eigenvalue weighted by atomic mass is 10.1.